The summed E-state index contributed by atoms with van der Waals surface area (Å²) >= 11 is 0. The molecule has 0 saturated carbocycles. The SMILES string of the molecule is CCCCCCCCCCCCOCCOCCOCCOCCOCCOCCOCCOCCOCCOCCOCCOCCOCC(=O)OC(C)(C)C. The summed E-state index contributed by atoms with van der Waals surface area (Å²) in [5, 5.41) is 0. The Morgan fingerprint density at radius 1 is 0.298 bits per heavy atom. The highest BCUT2D eigenvalue weighted by Gasteiger charge is 2.15. The Kier molecular flexibility index (Phi) is 46.7. The zero-order chi connectivity index (χ0) is 41.4. The Morgan fingerprint density at radius 2 is 0.509 bits per heavy atom. The van der Waals surface area contributed by atoms with E-state index in [0.29, 0.717) is 159 Å². The minimum Gasteiger partial charge on any atom is -0.458 e. The molecule has 0 amide bonds. The zero-order valence-electron chi connectivity index (χ0n) is 36.6. The van der Waals surface area contributed by atoms with Gasteiger partial charge in [0.1, 0.15) is 12.2 Å². The molecular formula is C42H84O15. The second kappa shape index (κ2) is 47.6. The zero-order valence-corrected chi connectivity index (χ0v) is 36.6. The number of rotatable bonds is 49. The maximum Gasteiger partial charge on any atom is 0.332 e. The van der Waals surface area contributed by atoms with E-state index in [0.717, 1.165) is 13.0 Å². The lowest BCUT2D eigenvalue weighted by molar-refractivity contribution is -0.160. The van der Waals surface area contributed by atoms with E-state index < -0.39 is 5.60 Å². The largest absolute Gasteiger partial charge is 0.458 e. The summed E-state index contributed by atoms with van der Waals surface area (Å²) in [5.41, 5.74) is -0.512. The van der Waals surface area contributed by atoms with Crippen LogP contribution in [0.25, 0.3) is 0 Å². The van der Waals surface area contributed by atoms with Crippen molar-refractivity contribution < 1.29 is 71.1 Å². The summed E-state index contributed by atoms with van der Waals surface area (Å²) in [7, 11) is 0. The number of carbonyl (C=O) groups is 1. The van der Waals surface area contributed by atoms with Gasteiger partial charge in [0.15, 0.2) is 0 Å². The summed E-state index contributed by atoms with van der Waals surface area (Å²) in [4.78, 5) is 11.5. The lowest BCUT2D eigenvalue weighted by Crippen LogP contribution is -2.27. The van der Waals surface area contributed by atoms with E-state index in [1.165, 1.54) is 57.8 Å². The molecule has 0 rings (SSSR count). The topological polar surface area (TPSA) is 146 Å². The Bertz CT molecular complexity index is 772. The molecule has 0 N–H and O–H groups in total. The smallest absolute Gasteiger partial charge is 0.332 e. The molecule has 0 heterocycles. The van der Waals surface area contributed by atoms with Crippen LogP contribution in [-0.2, 0) is 71.1 Å². The minimum atomic E-state index is -0.512. The molecule has 15 heteroatoms. The number of hydrogen-bond acceptors (Lipinski definition) is 15. The predicted octanol–water partition coefficient (Wildman–Crippen LogP) is 5.46. The maximum atomic E-state index is 11.5. The van der Waals surface area contributed by atoms with Gasteiger partial charge in [0.2, 0.25) is 0 Å². The van der Waals surface area contributed by atoms with Gasteiger partial charge in [-0.25, -0.2) is 4.79 Å². The third-order valence-corrected chi connectivity index (χ3v) is 7.75. The summed E-state index contributed by atoms with van der Waals surface area (Å²) < 4.78 is 76.5. The van der Waals surface area contributed by atoms with E-state index in [4.69, 9.17) is 66.3 Å². The fourth-order valence-electron chi connectivity index (χ4n) is 4.86. The fourth-order valence-corrected chi connectivity index (χ4v) is 4.86. The molecule has 0 aromatic rings. The van der Waals surface area contributed by atoms with E-state index in [1.807, 2.05) is 20.8 Å². The minimum absolute atomic E-state index is 0.0836. The van der Waals surface area contributed by atoms with Gasteiger partial charge in [0, 0.05) is 6.61 Å². The molecule has 0 unspecified atom stereocenters. The maximum absolute atomic E-state index is 11.5. The Balaban J connectivity index is 3.09. The van der Waals surface area contributed by atoms with Crippen molar-refractivity contribution in [3.63, 3.8) is 0 Å². The van der Waals surface area contributed by atoms with E-state index in [1.54, 1.807) is 0 Å². The summed E-state index contributed by atoms with van der Waals surface area (Å²) in [6.45, 7) is 20.4. The molecule has 0 radical (unpaired) electrons. The first-order valence-corrected chi connectivity index (χ1v) is 21.7. The Hall–Kier alpha value is -1.05. The van der Waals surface area contributed by atoms with Gasteiger partial charge in [-0.15, -0.1) is 0 Å². The van der Waals surface area contributed by atoms with E-state index in [-0.39, 0.29) is 12.6 Å². The molecule has 342 valence electrons. The Morgan fingerprint density at radius 3 is 0.754 bits per heavy atom. The molecule has 0 aromatic carbocycles. The van der Waals surface area contributed by atoms with Gasteiger partial charge in [-0.05, 0) is 27.2 Å². The van der Waals surface area contributed by atoms with Crippen molar-refractivity contribution >= 4 is 5.97 Å². The van der Waals surface area contributed by atoms with Crippen molar-refractivity contribution in [3.8, 4) is 0 Å². The van der Waals surface area contributed by atoms with Crippen LogP contribution in [0.3, 0.4) is 0 Å². The second-order valence-electron chi connectivity index (χ2n) is 14.2. The van der Waals surface area contributed by atoms with Gasteiger partial charge in [0.05, 0.1) is 159 Å². The highest BCUT2D eigenvalue weighted by atomic mass is 16.6. The van der Waals surface area contributed by atoms with Gasteiger partial charge in [-0.2, -0.15) is 0 Å². The van der Waals surface area contributed by atoms with Crippen LogP contribution in [-0.4, -0.2) is 183 Å². The number of carbonyl (C=O) groups excluding carboxylic acids is 1. The van der Waals surface area contributed by atoms with E-state index >= 15 is 0 Å². The van der Waals surface area contributed by atoms with Crippen molar-refractivity contribution in [1.29, 1.82) is 0 Å². The summed E-state index contributed by atoms with van der Waals surface area (Å²) in [6, 6.07) is 0. The van der Waals surface area contributed by atoms with Gasteiger partial charge in [0.25, 0.3) is 0 Å². The van der Waals surface area contributed by atoms with Gasteiger partial charge >= 0.3 is 5.97 Å². The molecule has 0 saturated heterocycles. The van der Waals surface area contributed by atoms with Crippen LogP contribution < -0.4 is 0 Å². The predicted molar refractivity (Wildman–Crippen MR) is 218 cm³/mol. The molecule has 0 aliphatic heterocycles. The Labute approximate surface area is 345 Å². The number of ether oxygens (including phenoxy) is 14. The molecule has 0 aromatic heterocycles. The summed E-state index contributed by atoms with van der Waals surface area (Å²) in [5.74, 6) is -0.386. The molecular weight excluding hydrogens is 744 g/mol. The van der Waals surface area contributed by atoms with Crippen LogP contribution in [0, 0.1) is 0 Å². The number of esters is 1. The van der Waals surface area contributed by atoms with Crippen molar-refractivity contribution in [2.24, 2.45) is 0 Å². The highest BCUT2D eigenvalue weighted by molar-refractivity contribution is 5.71. The third kappa shape index (κ3) is 52.9. The number of unbranched alkanes of at least 4 members (excludes halogenated alkanes) is 9. The van der Waals surface area contributed by atoms with Crippen molar-refractivity contribution in [2.45, 2.75) is 97.5 Å². The van der Waals surface area contributed by atoms with Crippen molar-refractivity contribution in [1.82, 2.24) is 0 Å². The molecule has 0 bridgehead atoms. The lowest BCUT2D eigenvalue weighted by atomic mass is 10.1. The third-order valence-electron chi connectivity index (χ3n) is 7.75. The quantitative estimate of drug-likeness (QED) is 0.0564. The van der Waals surface area contributed by atoms with Crippen LogP contribution in [0.5, 0.6) is 0 Å². The lowest BCUT2D eigenvalue weighted by Gasteiger charge is -2.19. The fraction of sp³-hybridized carbons (Fsp3) is 0.976. The average Bonchev–Trinajstić information content (AvgIpc) is 3.18. The molecule has 0 fully saturated rings. The van der Waals surface area contributed by atoms with Crippen LogP contribution >= 0.6 is 0 Å². The average molecular weight is 829 g/mol. The van der Waals surface area contributed by atoms with Crippen molar-refractivity contribution in [3.05, 3.63) is 0 Å². The van der Waals surface area contributed by atoms with E-state index in [2.05, 4.69) is 6.92 Å². The molecule has 0 aliphatic carbocycles. The first-order chi connectivity index (χ1) is 28.0. The van der Waals surface area contributed by atoms with Crippen LogP contribution in [0.2, 0.25) is 0 Å². The molecule has 0 spiro atoms. The van der Waals surface area contributed by atoms with Gasteiger partial charge < -0.3 is 66.3 Å². The second-order valence-corrected chi connectivity index (χ2v) is 14.2. The standard InChI is InChI=1S/C42H84O15/c1-5-6-7-8-9-10-11-12-13-14-15-44-16-17-45-18-19-46-20-21-47-22-23-48-24-25-49-26-27-50-28-29-51-30-31-52-32-33-53-34-35-54-36-37-55-38-39-56-40-41(43)57-42(2,3)4/h5-40H2,1-4H3. The highest BCUT2D eigenvalue weighted by Crippen LogP contribution is 2.10. The number of hydrogen-bond donors (Lipinski definition) is 0. The van der Waals surface area contributed by atoms with Crippen molar-refractivity contribution in [2.75, 3.05) is 172 Å². The molecule has 0 aliphatic rings. The van der Waals surface area contributed by atoms with Gasteiger partial charge in [-0.1, -0.05) is 64.7 Å². The van der Waals surface area contributed by atoms with E-state index in [9.17, 15) is 4.79 Å². The van der Waals surface area contributed by atoms with Crippen LogP contribution in [0.15, 0.2) is 0 Å². The first kappa shape index (κ1) is 55.9. The van der Waals surface area contributed by atoms with Crippen LogP contribution in [0.1, 0.15) is 91.9 Å². The monoisotopic (exact) mass is 829 g/mol. The molecule has 15 nitrogen and oxygen atoms in total. The summed E-state index contributed by atoms with van der Waals surface area (Å²) in [6.07, 6.45) is 13.4. The normalized spacial score (nSPS) is 11.9. The molecule has 0 atom stereocenters. The van der Waals surface area contributed by atoms with Gasteiger partial charge in [-0.3, -0.25) is 0 Å². The van der Waals surface area contributed by atoms with Crippen LogP contribution in [0.4, 0.5) is 0 Å². The molecule has 57 heavy (non-hydrogen) atoms. The first-order valence-electron chi connectivity index (χ1n) is 21.7.